The van der Waals surface area contributed by atoms with E-state index in [1.54, 1.807) is 10.5 Å². The molecule has 1 N–H and O–H groups in total. The van der Waals surface area contributed by atoms with E-state index in [1.807, 2.05) is 0 Å². The van der Waals surface area contributed by atoms with Crippen LogP contribution in [-0.2, 0) is 4.79 Å². The van der Waals surface area contributed by atoms with Gasteiger partial charge in [-0.25, -0.2) is 0 Å². The molecule has 1 aliphatic heterocycles. The molecule has 18 heavy (non-hydrogen) atoms. The summed E-state index contributed by atoms with van der Waals surface area (Å²) in [5, 5.41) is 8.89. The van der Waals surface area contributed by atoms with E-state index in [1.165, 1.54) is 45.1 Å². The van der Waals surface area contributed by atoms with Crippen molar-refractivity contribution in [1.82, 2.24) is 0 Å². The number of hydrogen-bond acceptors (Lipinski definition) is 2. The number of carboxylic acids is 1. The summed E-state index contributed by atoms with van der Waals surface area (Å²) in [5.74, 6) is -1.08. The largest absolute Gasteiger partial charge is 0.550 e. The summed E-state index contributed by atoms with van der Waals surface area (Å²) in [7, 11) is 0. The highest BCUT2D eigenvalue weighted by Crippen LogP contribution is 2.08. The zero-order valence-corrected chi connectivity index (χ0v) is 12.0. The number of allylic oxidation sites excluding steroid dienone is 2. The van der Waals surface area contributed by atoms with E-state index >= 15 is 0 Å². The summed E-state index contributed by atoms with van der Waals surface area (Å²) < 4.78 is 0. The number of aliphatic carboxylic acids is 1. The molecule has 1 rings (SSSR count). The van der Waals surface area contributed by atoms with Crippen molar-refractivity contribution in [2.45, 2.75) is 59.3 Å². The van der Waals surface area contributed by atoms with Gasteiger partial charge in [-0.15, -0.1) is 0 Å². The molecule has 104 valence electrons. The molecule has 1 heterocycles. The maximum absolute atomic E-state index is 8.89. The van der Waals surface area contributed by atoms with Crippen LogP contribution in [0, 0.1) is 0 Å². The lowest BCUT2D eigenvalue weighted by molar-refractivity contribution is -0.788. The maximum atomic E-state index is 8.89. The van der Waals surface area contributed by atoms with Gasteiger partial charge in [-0.1, -0.05) is 26.7 Å². The Hall–Kier alpha value is -1.09. The molecule has 0 amide bonds. The monoisotopic (exact) mass is 253 g/mol. The zero-order chi connectivity index (χ0) is 13.8. The molecule has 0 spiro atoms. The van der Waals surface area contributed by atoms with Gasteiger partial charge >= 0.3 is 0 Å². The lowest BCUT2D eigenvalue weighted by atomic mass is 10.1. The Bertz CT molecular complexity index is 278. The highest BCUT2D eigenvalue weighted by atomic mass is 16.4. The van der Waals surface area contributed by atoms with E-state index in [4.69, 9.17) is 9.90 Å². The fourth-order valence-electron chi connectivity index (χ4n) is 1.82. The van der Waals surface area contributed by atoms with Crippen LogP contribution in [0.15, 0.2) is 24.0 Å². The average Bonchev–Trinajstić information content (AvgIpc) is 2.74. The highest BCUT2D eigenvalue weighted by molar-refractivity contribution is 5.60. The summed E-state index contributed by atoms with van der Waals surface area (Å²) in [6.07, 6.45) is 15.0. The summed E-state index contributed by atoms with van der Waals surface area (Å²) in [5.41, 5.74) is 1.54. The molecular weight excluding hydrogens is 226 g/mol. The van der Waals surface area contributed by atoms with Crippen LogP contribution in [0.5, 0.6) is 0 Å². The molecule has 3 nitrogen and oxygen atoms in total. The topological polar surface area (TPSA) is 44.6 Å². The van der Waals surface area contributed by atoms with Crippen LogP contribution < -0.4 is 10.0 Å². The van der Waals surface area contributed by atoms with Gasteiger partial charge in [-0.05, 0) is 32.6 Å². The van der Waals surface area contributed by atoms with E-state index in [-0.39, 0.29) is 0 Å². The summed E-state index contributed by atoms with van der Waals surface area (Å²) >= 11 is 0. The molecule has 0 aliphatic carbocycles. The third-order valence-corrected chi connectivity index (χ3v) is 2.77. The fourth-order valence-corrected chi connectivity index (χ4v) is 1.82. The van der Waals surface area contributed by atoms with Gasteiger partial charge < -0.3 is 9.90 Å². The van der Waals surface area contributed by atoms with Crippen molar-refractivity contribution in [2.75, 3.05) is 6.54 Å². The lowest BCUT2D eigenvalue weighted by Gasteiger charge is -2.05. The van der Waals surface area contributed by atoms with Crippen molar-refractivity contribution in [3.63, 3.8) is 0 Å². The number of unbranched alkanes of at least 4 members (excludes halogenated alkanes) is 3. The van der Waals surface area contributed by atoms with Gasteiger partial charge in [-0.2, -0.15) is 0 Å². The number of nitrogens with one attached hydrogen (secondary N) is 1. The minimum Gasteiger partial charge on any atom is -0.550 e. The first kappa shape index (κ1) is 16.9. The van der Waals surface area contributed by atoms with Crippen molar-refractivity contribution >= 4 is 5.97 Å². The Balaban J connectivity index is 0.000000631. The smallest absolute Gasteiger partial charge is 0.102 e. The summed E-state index contributed by atoms with van der Waals surface area (Å²) in [6.45, 7) is 6.77. The highest BCUT2D eigenvalue weighted by Gasteiger charge is 2.09. The molecular formula is C15H27NO2. The first-order valence-corrected chi connectivity index (χ1v) is 7.02. The SMILES string of the molecule is CC(=O)[O-].CCCCC[NH+]1C=CC(CCCC)=C1. The first-order chi connectivity index (χ1) is 8.60. The van der Waals surface area contributed by atoms with Crippen molar-refractivity contribution in [3.05, 3.63) is 24.0 Å². The second-order valence-corrected chi connectivity index (χ2v) is 4.68. The van der Waals surface area contributed by atoms with Gasteiger partial charge in [-0.3, -0.25) is 4.90 Å². The number of hydrogen-bond donors (Lipinski definition) is 1. The zero-order valence-electron chi connectivity index (χ0n) is 12.0. The van der Waals surface area contributed by atoms with Crippen molar-refractivity contribution in [2.24, 2.45) is 0 Å². The van der Waals surface area contributed by atoms with Crippen LogP contribution in [0.1, 0.15) is 59.3 Å². The lowest BCUT2D eigenvalue weighted by Crippen LogP contribution is -3.01. The summed E-state index contributed by atoms with van der Waals surface area (Å²) in [4.78, 5) is 10.4. The van der Waals surface area contributed by atoms with E-state index in [9.17, 15) is 0 Å². The van der Waals surface area contributed by atoms with Crippen LogP contribution in [0.3, 0.4) is 0 Å². The Labute approximate surface area is 111 Å². The quantitative estimate of drug-likeness (QED) is 0.697. The average molecular weight is 253 g/mol. The Morgan fingerprint density at radius 2 is 1.83 bits per heavy atom. The van der Waals surface area contributed by atoms with Gasteiger partial charge in [0.1, 0.15) is 6.20 Å². The van der Waals surface area contributed by atoms with Crippen molar-refractivity contribution in [1.29, 1.82) is 0 Å². The molecule has 0 aromatic rings. The maximum Gasteiger partial charge on any atom is 0.102 e. The van der Waals surface area contributed by atoms with Gasteiger partial charge in [0.05, 0.1) is 12.7 Å². The molecule has 3 heteroatoms. The Morgan fingerprint density at radius 1 is 1.22 bits per heavy atom. The molecule has 1 atom stereocenters. The minimum absolute atomic E-state index is 0.972. The summed E-state index contributed by atoms with van der Waals surface area (Å²) in [6, 6.07) is 0. The van der Waals surface area contributed by atoms with Gasteiger partial charge in [0.15, 0.2) is 0 Å². The molecule has 0 aromatic carbocycles. The van der Waals surface area contributed by atoms with Crippen LogP contribution >= 0.6 is 0 Å². The number of carboxylic acid groups (broad SMARTS) is 1. The normalized spacial score (nSPS) is 17.1. The second-order valence-electron chi connectivity index (χ2n) is 4.68. The van der Waals surface area contributed by atoms with E-state index in [0.29, 0.717) is 0 Å². The standard InChI is InChI=1S/C13H23N.C2H4O2/c1-3-5-7-10-14-11-9-13(12-14)8-6-4-2;1-2(3)4/h9,11-12H,3-8,10H2,1-2H3;1H3,(H,3,4). The third kappa shape index (κ3) is 10.1. The van der Waals surface area contributed by atoms with Gasteiger partial charge in [0, 0.05) is 17.6 Å². The van der Waals surface area contributed by atoms with Crippen molar-refractivity contribution < 1.29 is 14.8 Å². The van der Waals surface area contributed by atoms with Crippen LogP contribution in [0.25, 0.3) is 0 Å². The molecule has 1 aliphatic rings. The van der Waals surface area contributed by atoms with Gasteiger partial charge in [0.25, 0.3) is 0 Å². The molecule has 0 saturated heterocycles. The Kier molecular flexibility index (Phi) is 10.4. The van der Waals surface area contributed by atoms with Crippen molar-refractivity contribution in [3.8, 4) is 0 Å². The molecule has 0 saturated carbocycles. The van der Waals surface area contributed by atoms with E-state index in [2.05, 4.69) is 32.3 Å². The predicted octanol–water partition coefficient (Wildman–Crippen LogP) is 1.42. The molecule has 0 fully saturated rings. The Morgan fingerprint density at radius 3 is 2.39 bits per heavy atom. The molecule has 1 unspecified atom stereocenters. The fraction of sp³-hybridized carbons (Fsp3) is 0.667. The molecule has 0 aromatic heterocycles. The second kappa shape index (κ2) is 11.0. The molecule has 0 radical (unpaired) electrons. The number of rotatable bonds is 7. The van der Waals surface area contributed by atoms with Crippen LogP contribution in [0.4, 0.5) is 0 Å². The minimum atomic E-state index is -1.08. The van der Waals surface area contributed by atoms with Gasteiger partial charge in [0.2, 0.25) is 0 Å². The predicted molar refractivity (Wildman–Crippen MR) is 72.8 cm³/mol. The van der Waals surface area contributed by atoms with Crippen LogP contribution in [0.2, 0.25) is 0 Å². The molecule has 0 bridgehead atoms. The number of carbonyl (C=O) groups is 1. The first-order valence-electron chi connectivity index (χ1n) is 7.02. The number of carbonyl (C=O) groups excluding carboxylic acids is 1. The van der Waals surface area contributed by atoms with E-state index in [0.717, 1.165) is 6.92 Å². The third-order valence-electron chi connectivity index (χ3n) is 2.77. The van der Waals surface area contributed by atoms with E-state index < -0.39 is 5.97 Å². The number of quaternary nitrogens is 1. The van der Waals surface area contributed by atoms with Crippen LogP contribution in [-0.4, -0.2) is 12.5 Å².